The maximum atomic E-state index is 5.75. The summed E-state index contributed by atoms with van der Waals surface area (Å²) in [6.45, 7) is 5.72. The van der Waals surface area contributed by atoms with Gasteiger partial charge in [-0.1, -0.05) is 4.49 Å². The second kappa shape index (κ2) is 7.01. The van der Waals surface area contributed by atoms with Crippen molar-refractivity contribution in [3.63, 3.8) is 0 Å². The van der Waals surface area contributed by atoms with E-state index in [9.17, 15) is 0 Å². The molecule has 1 atom stereocenters. The summed E-state index contributed by atoms with van der Waals surface area (Å²) in [5, 5.41) is 8.58. The maximum absolute atomic E-state index is 5.75. The predicted molar refractivity (Wildman–Crippen MR) is 74.0 cm³/mol. The van der Waals surface area contributed by atoms with Crippen LogP contribution in [0.2, 0.25) is 0 Å². The first-order valence-electron chi connectivity index (χ1n) is 6.65. The van der Waals surface area contributed by atoms with E-state index in [0.29, 0.717) is 6.10 Å². The number of hydrogen-bond acceptors (Lipinski definition) is 6. The van der Waals surface area contributed by atoms with E-state index in [4.69, 9.17) is 4.74 Å². The lowest BCUT2D eigenvalue weighted by Crippen LogP contribution is -2.33. The largest absolute Gasteiger partial charge is 0.377 e. The third-order valence-electron chi connectivity index (χ3n) is 3.10. The smallest absolute Gasteiger partial charge is 0.134 e. The van der Waals surface area contributed by atoms with Crippen LogP contribution in [0, 0.1) is 0 Å². The Bertz CT molecular complexity index is 352. The van der Waals surface area contributed by atoms with Gasteiger partial charge in [-0.2, -0.15) is 0 Å². The summed E-state index contributed by atoms with van der Waals surface area (Å²) < 4.78 is 9.77. The average Bonchev–Trinajstić information content (AvgIpc) is 2.78. The first-order chi connectivity index (χ1) is 8.79. The minimum absolute atomic E-state index is 0.387. The fourth-order valence-electron chi connectivity index (χ4n) is 2.23. The Labute approximate surface area is 113 Å². The van der Waals surface area contributed by atoms with Crippen molar-refractivity contribution in [1.82, 2.24) is 14.5 Å². The highest BCUT2D eigenvalue weighted by Crippen LogP contribution is 2.20. The van der Waals surface area contributed by atoms with Gasteiger partial charge in [-0.15, -0.1) is 5.10 Å². The highest BCUT2D eigenvalue weighted by Gasteiger charge is 2.17. The van der Waals surface area contributed by atoms with Crippen molar-refractivity contribution in [1.29, 1.82) is 0 Å². The van der Waals surface area contributed by atoms with Crippen LogP contribution in [0.1, 0.15) is 31.9 Å². The number of likely N-dealkylation sites (N-methyl/N-ethyl adjacent to an activating group) is 1. The highest BCUT2D eigenvalue weighted by molar-refractivity contribution is 7.10. The standard InChI is InChI=1S/C12H22N4OS/c1-3-13-12-11(14-15-18-12)9-16(2)8-10-6-4-5-7-17-10/h10,13H,3-9H2,1-2H3. The number of hydrogen-bond donors (Lipinski definition) is 1. The van der Waals surface area contributed by atoms with Crippen molar-refractivity contribution >= 4 is 16.5 Å². The molecule has 2 rings (SSSR count). The van der Waals surface area contributed by atoms with Gasteiger partial charge in [0.2, 0.25) is 0 Å². The van der Waals surface area contributed by atoms with E-state index in [-0.39, 0.29) is 0 Å². The van der Waals surface area contributed by atoms with E-state index in [1.54, 1.807) is 0 Å². The van der Waals surface area contributed by atoms with Gasteiger partial charge in [-0.25, -0.2) is 0 Å². The van der Waals surface area contributed by atoms with E-state index < -0.39 is 0 Å². The monoisotopic (exact) mass is 270 g/mol. The molecule has 0 saturated carbocycles. The summed E-state index contributed by atoms with van der Waals surface area (Å²) in [7, 11) is 2.12. The molecule has 1 aromatic rings. The van der Waals surface area contributed by atoms with Crippen LogP contribution < -0.4 is 5.32 Å². The number of nitrogens with zero attached hydrogens (tertiary/aromatic N) is 3. The second-order valence-electron chi connectivity index (χ2n) is 4.76. The normalized spacial score (nSPS) is 20.3. The number of ether oxygens (including phenoxy) is 1. The van der Waals surface area contributed by atoms with Gasteiger partial charge in [0.1, 0.15) is 10.7 Å². The van der Waals surface area contributed by atoms with Crippen molar-refractivity contribution in [2.24, 2.45) is 0 Å². The van der Waals surface area contributed by atoms with Crippen molar-refractivity contribution in [2.75, 3.05) is 32.1 Å². The molecular formula is C12H22N4OS. The summed E-state index contributed by atoms with van der Waals surface area (Å²) in [5.41, 5.74) is 1.04. The molecule has 0 radical (unpaired) electrons. The number of aromatic nitrogens is 2. The molecule has 0 bridgehead atoms. The van der Waals surface area contributed by atoms with Crippen molar-refractivity contribution in [3.05, 3.63) is 5.69 Å². The zero-order valence-corrected chi connectivity index (χ0v) is 12.0. The molecule has 0 aliphatic carbocycles. The molecular weight excluding hydrogens is 248 g/mol. The van der Waals surface area contributed by atoms with Gasteiger partial charge in [0, 0.05) is 37.8 Å². The van der Waals surface area contributed by atoms with Crippen LogP contribution >= 0.6 is 11.5 Å². The first kappa shape index (κ1) is 13.7. The molecule has 5 nitrogen and oxygen atoms in total. The number of nitrogens with one attached hydrogen (secondary N) is 1. The molecule has 1 aromatic heterocycles. The molecule has 0 amide bonds. The van der Waals surface area contributed by atoms with Crippen LogP contribution in [0.5, 0.6) is 0 Å². The molecule has 1 fully saturated rings. The van der Waals surface area contributed by atoms with Gasteiger partial charge in [-0.3, -0.25) is 4.90 Å². The second-order valence-corrected chi connectivity index (χ2v) is 5.52. The molecule has 18 heavy (non-hydrogen) atoms. The number of anilines is 1. The molecule has 102 valence electrons. The Balaban J connectivity index is 1.82. The minimum atomic E-state index is 0.387. The summed E-state index contributed by atoms with van der Waals surface area (Å²) in [5.74, 6) is 0. The Kier molecular flexibility index (Phi) is 5.34. The molecule has 6 heteroatoms. The van der Waals surface area contributed by atoms with Crippen LogP contribution in [-0.4, -0.2) is 47.3 Å². The molecule has 1 N–H and O–H groups in total. The zero-order valence-electron chi connectivity index (χ0n) is 11.2. The minimum Gasteiger partial charge on any atom is -0.377 e. The fourth-order valence-corrected chi connectivity index (χ4v) is 2.87. The zero-order chi connectivity index (χ0) is 12.8. The quantitative estimate of drug-likeness (QED) is 0.856. The molecule has 1 aliphatic rings. The fraction of sp³-hybridized carbons (Fsp3) is 0.833. The van der Waals surface area contributed by atoms with Crippen LogP contribution in [0.4, 0.5) is 5.00 Å². The molecule has 1 aliphatic heterocycles. The molecule has 0 aromatic carbocycles. The van der Waals surface area contributed by atoms with Crippen molar-refractivity contribution in [2.45, 2.75) is 38.8 Å². The molecule has 2 heterocycles. The highest BCUT2D eigenvalue weighted by atomic mass is 32.1. The number of rotatable bonds is 6. The van der Waals surface area contributed by atoms with Crippen LogP contribution in [-0.2, 0) is 11.3 Å². The molecule has 1 saturated heterocycles. The van der Waals surface area contributed by atoms with E-state index in [1.807, 2.05) is 0 Å². The van der Waals surface area contributed by atoms with Crippen LogP contribution in [0.3, 0.4) is 0 Å². The van der Waals surface area contributed by atoms with E-state index in [2.05, 4.69) is 33.8 Å². The average molecular weight is 270 g/mol. The first-order valence-corrected chi connectivity index (χ1v) is 7.42. The van der Waals surface area contributed by atoms with Gasteiger partial charge in [0.15, 0.2) is 0 Å². The van der Waals surface area contributed by atoms with Crippen molar-refractivity contribution < 1.29 is 4.74 Å². The van der Waals surface area contributed by atoms with E-state index in [1.165, 1.54) is 30.8 Å². The van der Waals surface area contributed by atoms with Crippen molar-refractivity contribution in [3.8, 4) is 0 Å². The lowest BCUT2D eigenvalue weighted by atomic mass is 10.1. The van der Waals surface area contributed by atoms with E-state index in [0.717, 1.165) is 36.9 Å². The molecule has 1 unspecified atom stereocenters. The third-order valence-corrected chi connectivity index (χ3v) is 3.83. The van der Waals surface area contributed by atoms with Crippen LogP contribution in [0.15, 0.2) is 0 Å². The van der Waals surface area contributed by atoms with Gasteiger partial charge in [0.25, 0.3) is 0 Å². The topological polar surface area (TPSA) is 50.3 Å². The Morgan fingerprint density at radius 3 is 3.11 bits per heavy atom. The van der Waals surface area contributed by atoms with Crippen LogP contribution in [0.25, 0.3) is 0 Å². The summed E-state index contributed by atoms with van der Waals surface area (Å²) in [6.07, 6.45) is 4.07. The Morgan fingerprint density at radius 1 is 1.50 bits per heavy atom. The summed E-state index contributed by atoms with van der Waals surface area (Å²) in [4.78, 5) is 2.27. The van der Waals surface area contributed by atoms with Gasteiger partial charge in [0.05, 0.1) is 6.10 Å². The molecule has 0 spiro atoms. The SMILES string of the molecule is CCNc1snnc1CN(C)CC1CCCCO1. The van der Waals surface area contributed by atoms with Gasteiger partial charge in [-0.05, 0) is 33.2 Å². The predicted octanol–water partition coefficient (Wildman–Crippen LogP) is 1.97. The third kappa shape index (κ3) is 3.90. The van der Waals surface area contributed by atoms with Gasteiger partial charge < -0.3 is 10.1 Å². The lowest BCUT2D eigenvalue weighted by molar-refractivity contribution is -0.00272. The Morgan fingerprint density at radius 2 is 2.39 bits per heavy atom. The van der Waals surface area contributed by atoms with Gasteiger partial charge >= 0.3 is 0 Å². The summed E-state index contributed by atoms with van der Waals surface area (Å²) >= 11 is 1.43. The summed E-state index contributed by atoms with van der Waals surface area (Å²) in [6, 6.07) is 0. The lowest BCUT2D eigenvalue weighted by Gasteiger charge is -2.27. The Hall–Kier alpha value is -0.720. The van der Waals surface area contributed by atoms with E-state index >= 15 is 0 Å². The maximum Gasteiger partial charge on any atom is 0.134 e.